The van der Waals surface area contributed by atoms with E-state index in [1.807, 2.05) is 0 Å². The van der Waals surface area contributed by atoms with Gasteiger partial charge in [0.25, 0.3) is 0 Å². The van der Waals surface area contributed by atoms with Crippen molar-refractivity contribution in [3.63, 3.8) is 0 Å². The van der Waals surface area contributed by atoms with Crippen molar-refractivity contribution < 1.29 is 9.18 Å². The largest absolute Gasteiger partial charge is 0.353 e. The first-order valence-corrected chi connectivity index (χ1v) is 6.15. The number of hydrogen-bond donors (Lipinski definition) is 1. The van der Waals surface area contributed by atoms with Gasteiger partial charge in [0.05, 0.1) is 0 Å². The Kier molecular flexibility index (Phi) is 3.65. The lowest BCUT2D eigenvalue weighted by Gasteiger charge is -2.39. The zero-order chi connectivity index (χ0) is 12.6. The summed E-state index contributed by atoms with van der Waals surface area (Å²) < 4.78 is 13.3. The van der Waals surface area contributed by atoms with Crippen molar-refractivity contribution in [2.75, 3.05) is 0 Å². The fourth-order valence-electron chi connectivity index (χ4n) is 2.37. The van der Waals surface area contributed by atoms with Crippen LogP contribution in [0.25, 0.3) is 0 Å². The van der Waals surface area contributed by atoms with Gasteiger partial charge in [0, 0.05) is 12.0 Å². The molecule has 0 radical (unpaired) electrons. The van der Waals surface area contributed by atoms with Gasteiger partial charge in [-0.3, -0.25) is 4.79 Å². The second-order valence-corrected chi connectivity index (χ2v) is 6.35. The van der Waals surface area contributed by atoms with E-state index in [-0.39, 0.29) is 23.3 Å². The average molecular weight is 229 g/mol. The van der Waals surface area contributed by atoms with Gasteiger partial charge in [-0.2, -0.15) is 0 Å². The molecule has 1 saturated carbocycles. The second-order valence-electron chi connectivity index (χ2n) is 6.35. The molecule has 2 nitrogen and oxygen atoms in total. The summed E-state index contributed by atoms with van der Waals surface area (Å²) in [6.45, 7) is 9.97. The third-order valence-electron chi connectivity index (χ3n) is 3.48. The first-order chi connectivity index (χ1) is 7.15. The Labute approximate surface area is 98.0 Å². The summed E-state index contributed by atoms with van der Waals surface area (Å²) in [6.07, 6.45) is 1.66. The van der Waals surface area contributed by atoms with Crippen LogP contribution >= 0.6 is 0 Å². The molecule has 94 valence electrons. The molecule has 0 unspecified atom stereocenters. The van der Waals surface area contributed by atoms with Crippen molar-refractivity contribution in [2.24, 2.45) is 11.3 Å². The third-order valence-corrected chi connectivity index (χ3v) is 3.48. The van der Waals surface area contributed by atoms with Crippen molar-refractivity contribution in [3.8, 4) is 0 Å². The van der Waals surface area contributed by atoms with Gasteiger partial charge in [0.1, 0.15) is 5.67 Å². The van der Waals surface area contributed by atoms with Gasteiger partial charge in [-0.1, -0.05) is 27.7 Å². The van der Waals surface area contributed by atoms with Crippen LogP contribution in [0.1, 0.15) is 53.9 Å². The van der Waals surface area contributed by atoms with Crippen molar-refractivity contribution in [3.05, 3.63) is 0 Å². The van der Waals surface area contributed by atoms with Crippen LogP contribution in [-0.4, -0.2) is 17.6 Å². The molecule has 0 bridgehead atoms. The van der Waals surface area contributed by atoms with Crippen LogP contribution in [0.2, 0.25) is 0 Å². The van der Waals surface area contributed by atoms with Crippen LogP contribution in [0.4, 0.5) is 4.39 Å². The first-order valence-electron chi connectivity index (χ1n) is 6.15. The van der Waals surface area contributed by atoms with E-state index in [9.17, 15) is 9.18 Å². The maximum Gasteiger partial charge on any atom is 0.223 e. The van der Waals surface area contributed by atoms with E-state index < -0.39 is 5.67 Å². The van der Waals surface area contributed by atoms with Gasteiger partial charge in [-0.25, -0.2) is 4.39 Å². The smallest absolute Gasteiger partial charge is 0.223 e. The van der Waals surface area contributed by atoms with Crippen LogP contribution in [-0.2, 0) is 4.79 Å². The average Bonchev–Trinajstić information content (AvgIpc) is 2.07. The second kappa shape index (κ2) is 4.34. The highest BCUT2D eigenvalue weighted by Crippen LogP contribution is 2.41. The van der Waals surface area contributed by atoms with Gasteiger partial charge in [-0.15, -0.1) is 0 Å². The van der Waals surface area contributed by atoms with Crippen LogP contribution in [0.5, 0.6) is 0 Å². The normalized spacial score (nSPS) is 31.8. The Hall–Kier alpha value is -0.600. The van der Waals surface area contributed by atoms with E-state index in [1.165, 1.54) is 0 Å². The molecule has 0 aromatic carbocycles. The zero-order valence-electron chi connectivity index (χ0n) is 11.1. The Morgan fingerprint density at radius 3 is 2.31 bits per heavy atom. The van der Waals surface area contributed by atoms with E-state index in [0.29, 0.717) is 12.8 Å². The number of alkyl halides is 1. The summed E-state index contributed by atoms with van der Waals surface area (Å²) in [4.78, 5) is 11.9. The van der Waals surface area contributed by atoms with Crippen molar-refractivity contribution in [1.29, 1.82) is 0 Å². The molecule has 0 aromatic rings. The van der Waals surface area contributed by atoms with E-state index in [2.05, 4.69) is 33.0 Å². The maximum atomic E-state index is 13.3. The number of carbonyl (C=O) groups is 1. The fourth-order valence-corrected chi connectivity index (χ4v) is 2.37. The van der Waals surface area contributed by atoms with E-state index in [1.54, 1.807) is 6.92 Å². The minimum atomic E-state index is -1.12. The molecule has 3 heteroatoms. The monoisotopic (exact) mass is 229 g/mol. The van der Waals surface area contributed by atoms with Gasteiger partial charge in [0.15, 0.2) is 0 Å². The Balaban J connectivity index is 2.46. The number of carbonyl (C=O) groups excluding carboxylic acids is 1. The van der Waals surface area contributed by atoms with Crippen LogP contribution in [0.3, 0.4) is 0 Å². The molecule has 1 aliphatic rings. The lowest BCUT2D eigenvalue weighted by Crippen LogP contribution is -2.51. The number of rotatable bonds is 3. The summed E-state index contributed by atoms with van der Waals surface area (Å²) in [5.41, 5.74) is -1.06. The molecule has 1 N–H and O–H groups in total. The third kappa shape index (κ3) is 3.19. The number of amides is 1. The summed E-state index contributed by atoms with van der Waals surface area (Å²) in [5.74, 6) is -0.0942. The van der Waals surface area contributed by atoms with Gasteiger partial charge < -0.3 is 5.32 Å². The van der Waals surface area contributed by atoms with Crippen LogP contribution in [0.15, 0.2) is 0 Å². The quantitative estimate of drug-likeness (QED) is 0.791. The minimum Gasteiger partial charge on any atom is -0.353 e. The lowest BCUT2D eigenvalue weighted by molar-refractivity contribution is -0.134. The van der Waals surface area contributed by atoms with Crippen LogP contribution < -0.4 is 5.32 Å². The summed E-state index contributed by atoms with van der Waals surface area (Å²) in [6, 6.07) is 0.173. The minimum absolute atomic E-state index is 0.0249. The highest BCUT2D eigenvalue weighted by molar-refractivity contribution is 5.80. The molecule has 1 fully saturated rings. The number of hydrogen-bond acceptors (Lipinski definition) is 1. The SMILES string of the molecule is CC[C@@H](NC(=O)C1CC(C)(F)C1)C(C)(C)C. The lowest BCUT2D eigenvalue weighted by atomic mass is 9.72. The summed E-state index contributed by atoms with van der Waals surface area (Å²) in [7, 11) is 0. The first kappa shape index (κ1) is 13.5. The molecule has 0 aliphatic heterocycles. The fraction of sp³-hybridized carbons (Fsp3) is 0.923. The van der Waals surface area contributed by atoms with E-state index in [0.717, 1.165) is 6.42 Å². The van der Waals surface area contributed by atoms with Crippen molar-refractivity contribution in [1.82, 2.24) is 5.32 Å². The van der Waals surface area contributed by atoms with Gasteiger partial charge in [0.2, 0.25) is 5.91 Å². The van der Waals surface area contributed by atoms with E-state index >= 15 is 0 Å². The number of nitrogens with one attached hydrogen (secondary N) is 1. The Morgan fingerprint density at radius 1 is 1.50 bits per heavy atom. The highest BCUT2D eigenvalue weighted by atomic mass is 19.1. The van der Waals surface area contributed by atoms with Crippen LogP contribution in [0, 0.1) is 11.3 Å². The molecule has 1 amide bonds. The standard InChI is InChI=1S/C13H24FNO/c1-6-10(12(2,3)4)15-11(16)9-7-13(5,14)8-9/h9-10H,6-8H2,1-5H3,(H,15,16)/t9?,10-,13?/m1/s1. The predicted octanol–water partition coefficient (Wildman–Crippen LogP) is 3.07. The molecule has 16 heavy (non-hydrogen) atoms. The molecule has 1 rings (SSSR count). The van der Waals surface area contributed by atoms with Gasteiger partial charge >= 0.3 is 0 Å². The summed E-state index contributed by atoms with van der Waals surface area (Å²) in [5, 5.41) is 3.04. The molecule has 0 heterocycles. The zero-order valence-corrected chi connectivity index (χ0v) is 11.1. The Bertz CT molecular complexity index is 260. The maximum absolute atomic E-state index is 13.3. The van der Waals surface area contributed by atoms with Crippen molar-refractivity contribution in [2.45, 2.75) is 65.6 Å². The van der Waals surface area contributed by atoms with E-state index in [4.69, 9.17) is 0 Å². The summed E-state index contributed by atoms with van der Waals surface area (Å²) >= 11 is 0. The van der Waals surface area contributed by atoms with Crippen molar-refractivity contribution >= 4 is 5.91 Å². The highest BCUT2D eigenvalue weighted by Gasteiger charge is 2.44. The number of halogens is 1. The molecule has 1 aliphatic carbocycles. The molecular weight excluding hydrogens is 205 g/mol. The molecule has 1 atom stereocenters. The molecular formula is C13H24FNO. The topological polar surface area (TPSA) is 29.1 Å². The molecule has 0 spiro atoms. The Morgan fingerprint density at radius 2 is 2.00 bits per heavy atom. The predicted molar refractivity (Wildman–Crippen MR) is 63.9 cm³/mol. The van der Waals surface area contributed by atoms with Gasteiger partial charge in [-0.05, 0) is 31.6 Å². The molecule has 0 saturated heterocycles. The molecule has 0 aromatic heterocycles.